The van der Waals surface area contributed by atoms with Gasteiger partial charge in [-0.25, -0.2) is 0 Å². The average Bonchev–Trinajstić information content (AvgIpc) is 2.28. The predicted octanol–water partition coefficient (Wildman–Crippen LogP) is -0.800. The molecule has 0 atom stereocenters. The van der Waals surface area contributed by atoms with Gasteiger partial charge in [-0.1, -0.05) is 0 Å². The third-order valence-electron chi connectivity index (χ3n) is 3.11. The Balaban J connectivity index is 2.47. The Hall–Kier alpha value is -1.14. The first-order valence-corrected chi connectivity index (χ1v) is 5.80. The van der Waals surface area contributed by atoms with Gasteiger partial charge in [-0.3, -0.25) is 14.5 Å². The second kappa shape index (κ2) is 5.46. The number of amides is 1. The quantitative estimate of drug-likeness (QED) is 0.675. The van der Waals surface area contributed by atoms with Crippen LogP contribution >= 0.6 is 0 Å². The van der Waals surface area contributed by atoms with Crippen LogP contribution in [0.5, 0.6) is 0 Å². The van der Waals surface area contributed by atoms with Crippen LogP contribution < -0.4 is 5.73 Å². The maximum absolute atomic E-state index is 12.1. The molecule has 0 saturated carbocycles. The molecule has 0 aromatic rings. The molecule has 0 spiro atoms. The summed E-state index contributed by atoms with van der Waals surface area (Å²) in [5.74, 6) is -0.776. The van der Waals surface area contributed by atoms with E-state index in [1.165, 1.54) is 0 Å². The smallest absolute Gasteiger partial charge is 0.317 e. The van der Waals surface area contributed by atoms with Gasteiger partial charge in [-0.15, -0.1) is 0 Å². The normalized spacial score (nSPS) is 18.2. The molecule has 1 aliphatic rings. The molecule has 1 aliphatic heterocycles. The lowest BCUT2D eigenvalue weighted by atomic mass is 9.91. The van der Waals surface area contributed by atoms with Gasteiger partial charge in [0.2, 0.25) is 5.91 Å². The second-order valence-corrected chi connectivity index (χ2v) is 5.05. The molecular weight excluding hydrogens is 222 g/mol. The van der Waals surface area contributed by atoms with Crippen molar-refractivity contribution in [1.82, 2.24) is 9.80 Å². The van der Waals surface area contributed by atoms with Crippen molar-refractivity contribution in [3.05, 3.63) is 0 Å². The number of aliphatic carboxylic acids is 1. The lowest BCUT2D eigenvalue weighted by Gasteiger charge is -2.37. The predicted molar refractivity (Wildman–Crippen MR) is 63.5 cm³/mol. The number of hydrogen-bond donors (Lipinski definition) is 2. The van der Waals surface area contributed by atoms with E-state index in [0.29, 0.717) is 32.7 Å². The second-order valence-electron chi connectivity index (χ2n) is 5.05. The fourth-order valence-electron chi connectivity index (χ4n) is 1.82. The summed E-state index contributed by atoms with van der Waals surface area (Å²) in [6.07, 6.45) is 0. The third-order valence-corrected chi connectivity index (χ3v) is 3.11. The van der Waals surface area contributed by atoms with Crippen LogP contribution in [0, 0.1) is 5.41 Å². The van der Waals surface area contributed by atoms with Gasteiger partial charge >= 0.3 is 5.97 Å². The minimum absolute atomic E-state index is 0.0440. The van der Waals surface area contributed by atoms with Gasteiger partial charge in [0.15, 0.2) is 0 Å². The Bertz CT molecular complexity index is 296. The average molecular weight is 243 g/mol. The van der Waals surface area contributed by atoms with Crippen LogP contribution in [-0.4, -0.2) is 66.1 Å². The molecule has 0 aliphatic carbocycles. The molecule has 6 heteroatoms. The molecule has 0 unspecified atom stereocenters. The molecule has 6 nitrogen and oxygen atoms in total. The van der Waals surface area contributed by atoms with E-state index in [2.05, 4.69) is 0 Å². The molecule has 98 valence electrons. The first-order valence-electron chi connectivity index (χ1n) is 5.80. The fraction of sp³-hybridized carbons (Fsp3) is 0.818. The number of piperazine rings is 1. The fourth-order valence-corrected chi connectivity index (χ4v) is 1.82. The highest BCUT2D eigenvalue weighted by atomic mass is 16.4. The molecule has 1 saturated heterocycles. The maximum Gasteiger partial charge on any atom is 0.317 e. The van der Waals surface area contributed by atoms with E-state index in [9.17, 15) is 9.59 Å². The molecule has 1 amide bonds. The summed E-state index contributed by atoms with van der Waals surface area (Å²) in [4.78, 5) is 26.2. The molecule has 1 fully saturated rings. The van der Waals surface area contributed by atoms with Crippen molar-refractivity contribution in [3.8, 4) is 0 Å². The van der Waals surface area contributed by atoms with Crippen molar-refractivity contribution in [3.63, 3.8) is 0 Å². The first kappa shape index (κ1) is 13.9. The number of carboxylic acids is 1. The van der Waals surface area contributed by atoms with Gasteiger partial charge in [0.25, 0.3) is 0 Å². The Morgan fingerprint density at radius 2 is 1.76 bits per heavy atom. The van der Waals surface area contributed by atoms with E-state index in [1.54, 1.807) is 4.90 Å². The Morgan fingerprint density at radius 1 is 1.24 bits per heavy atom. The van der Waals surface area contributed by atoms with Crippen LogP contribution in [0.3, 0.4) is 0 Å². The zero-order valence-corrected chi connectivity index (χ0v) is 10.5. The number of carbonyl (C=O) groups is 2. The molecule has 1 rings (SSSR count). The molecule has 0 aromatic carbocycles. The summed E-state index contributed by atoms with van der Waals surface area (Å²) in [5.41, 5.74) is 5.04. The van der Waals surface area contributed by atoms with Crippen LogP contribution in [0.2, 0.25) is 0 Å². The Morgan fingerprint density at radius 3 is 2.18 bits per heavy atom. The van der Waals surface area contributed by atoms with Gasteiger partial charge < -0.3 is 15.7 Å². The van der Waals surface area contributed by atoms with Crippen molar-refractivity contribution in [1.29, 1.82) is 0 Å². The lowest BCUT2D eigenvalue weighted by Crippen LogP contribution is -2.54. The van der Waals surface area contributed by atoms with Crippen molar-refractivity contribution >= 4 is 11.9 Å². The molecule has 1 heterocycles. The van der Waals surface area contributed by atoms with E-state index < -0.39 is 11.4 Å². The number of hydrogen-bond acceptors (Lipinski definition) is 4. The van der Waals surface area contributed by atoms with Gasteiger partial charge in [0.1, 0.15) is 0 Å². The summed E-state index contributed by atoms with van der Waals surface area (Å²) < 4.78 is 0. The van der Waals surface area contributed by atoms with Crippen molar-refractivity contribution < 1.29 is 14.7 Å². The van der Waals surface area contributed by atoms with E-state index >= 15 is 0 Å². The van der Waals surface area contributed by atoms with Crippen LogP contribution in [-0.2, 0) is 9.59 Å². The minimum Gasteiger partial charge on any atom is -0.480 e. The monoisotopic (exact) mass is 243 g/mol. The van der Waals surface area contributed by atoms with E-state index in [4.69, 9.17) is 10.8 Å². The number of nitrogens with zero attached hydrogens (tertiary/aromatic N) is 2. The van der Waals surface area contributed by atoms with Crippen LogP contribution in [0.25, 0.3) is 0 Å². The zero-order chi connectivity index (χ0) is 13.1. The summed E-state index contributed by atoms with van der Waals surface area (Å²) in [5, 5.41) is 8.67. The minimum atomic E-state index is -0.827. The molecule has 0 aromatic heterocycles. The molecular formula is C11H21N3O3. The van der Waals surface area contributed by atoms with Gasteiger partial charge in [-0.05, 0) is 13.8 Å². The van der Waals surface area contributed by atoms with Crippen LogP contribution in [0.1, 0.15) is 13.8 Å². The molecule has 0 radical (unpaired) electrons. The Labute approximate surface area is 101 Å². The highest BCUT2D eigenvalue weighted by Crippen LogP contribution is 2.18. The van der Waals surface area contributed by atoms with Crippen LogP contribution in [0.15, 0.2) is 0 Å². The van der Waals surface area contributed by atoms with E-state index in [1.807, 2.05) is 18.7 Å². The van der Waals surface area contributed by atoms with Gasteiger partial charge in [-0.2, -0.15) is 0 Å². The maximum atomic E-state index is 12.1. The highest BCUT2D eigenvalue weighted by molar-refractivity contribution is 5.82. The number of carbonyl (C=O) groups excluding carboxylic acids is 1. The van der Waals surface area contributed by atoms with Crippen molar-refractivity contribution in [2.45, 2.75) is 13.8 Å². The highest BCUT2D eigenvalue weighted by Gasteiger charge is 2.32. The Kier molecular flexibility index (Phi) is 4.47. The topological polar surface area (TPSA) is 86.9 Å². The van der Waals surface area contributed by atoms with Gasteiger partial charge in [0.05, 0.1) is 12.0 Å². The van der Waals surface area contributed by atoms with Crippen molar-refractivity contribution in [2.24, 2.45) is 11.1 Å². The number of rotatable bonds is 4. The largest absolute Gasteiger partial charge is 0.480 e. The third kappa shape index (κ3) is 3.67. The molecule has 0 bridgehead atoms. The molecule has 17 heavy (non-hydrogen) atoms. The summed E-state index contributed by atoms with van der Waals surface area (Å²) in [6, 6.07) is 0. The van der Waals surface area contributed by atoms with E-state index in [-0.39, 0.29) is 12.5 Å². The number of carboxylic acid groups (broad SMARTS) is 1. The summed E-state index contributed by atoms with van der Waals surface area (Å²) >= 11 is 0. The zero-order valence-electron chi connectivity index (χ0n) is 10.5. The van der Waals surface area contributed by atoms with Crippen LogP contribution in [0.4, 0.5) is 0 Å². The summed E-state index contributed by atoms with van der Waals surface area (Å²) in [6.45, 7) is 6.41. The standard InChI is InChI=1S/C11H21N3O3/c1-11(2,8-12)10(17)14-5-3-13(4-6-14)7-9(15)16/h3-8,12H2,1-2H3,(H,15,16). The van der Waals surface area contributed by atoms with Gasteiger partial charge in [0, 0.05) is 32.7 Å². The SMILES string of the molecule is CC(C)(CN)C(=O)N1CCN(CC(=O)O)CC1. The number of nitrogens with two attached hydrogens (primary N) is 1. The first-order chi connectivity index (χ1) is 7.86. The lowest BCUT2D eigenvalue weighted by molar-refractivity contribution is -0.143. The molecule has 3 N–H and O–H groups in total. The van der Waals surface area contributed by atoms with E-state index in [0.717, 1.165) is 0 Å². The summed E-state index contributed by atoms with van der Waals surface area (Å²) in [7, 11) is 0. The van der Waals surface area contributed by atoms with Crippen molar-refractivity contribution in [2.75, 3.05) is 39.3 Å².